The number of carbonyl (C=O) groups excluding carboxylic acids is 1. The van der Waals surface area contributed by atoms with Gasteiger partial charge in [-0.05, 0) is 31.2 Å². The summed E-state index contributed by atoms with van der Waals surface area (Å²) in [4.78, 5) is 11.3. The molecule has 81 valence electrons. The average Bonchev–Trinajstić information content (AvgIpc) is 2.18. The summed E-state index contributed by atoms with van der Waals surface area (Å²) in [6.07, 6.45) is 0. The zero-order valence-electron chi connectivity index (χ0n) is 7.97. The highest BCUT2D eigenvalue weighted by Gasteiger charge is 2.16. The molecule has 1 aromatic carbocycles. The molecular weight excluding hydrogens is 221 g/mol. The second-order valence-electron chi connectivity index (χ2n) is 2.77. The maximum atomic E-state index is 12.5. The van der Waals surface area contributed by atoms with Gasteiger partial charge >= 0.3 is 0 Å². The number of amides is 1. The first-order valence-corrected chi connectivity index (χ1v) is 5.81. The Morgan fingerprint density at radius 1 is 1.33 bits per heavy atom. The zero-order valence-corrected chi connectivity index (χ0v) is 8.79. The van der Waals surface area contributed by atoms with E-state index in [0.717, 1.165) is 12.1 Å². The number of sulfonamides is 1. The second kappa shape index (κ2) is 4.39. The van der Waals surface area contributed by atoms with E-state index >= 15 is 0 Å². The van der Waals surface area contributed by atoms with Crippen LogP contribution >= 0.6 is 0 Å². The maximum absolute atomic E-state index is 12.5. The lowest BCUT2D eigenvalue weighted by Gasteiger charge is -2.00. The van der Waals surface area contributed by atoms with Gasteiger partial charge in [0.05, 0.1) is 5.75 Å². The van der Waals surface area contributed by atoms with Gasteiger partial charge in [0.25, 0.3) is 15.9 Å². The molecule has 0 atom stereocenters. The number of carbonyl (C=O) groups is 1. The van der Waals surface area contributed by atoms with Gasteiger partial charge in [-0.1, -0.05) is 0 Å². The van der Waals surface area contributed by atoms with Gasteiger partial charge in [0.1, 0.15) is 5.82 Å². The monoisotopic (exact) mass is 230 g/mol. The van der Waals surface area contributed by atoms with E-state index in [1.807, 2.05) is 0 Å². The van der Waals surface area contributed by atoms with Crippen LogP contribution in [-0.2, 0) is 10.0 Å². The first-order valence-electron chi connectivity index (χ1n) is 4.20. The summed E-state index contributed by atoms with van der Waals surface area (Å²) in [5.74, 6) is -1.61. The minimum Gasteiger partial charge on any atom is -0.266 e. The standard InChI is InChI=1S/C9H9FNO3S/c1-2-15(13,14)11-9(12)7-3-5-8(10)6-4-7/h3-6H,2H2,1H3. The van der Waals surface area contributed by atoms with Crippen LogP contribution in [0.1, 0.15) is 17.3 Å². The van der Waals surface area contributed by atoms with Crippen molar-refractivity contribution < 1.29 is 17.6 Å². The minimum atomic E-state index is -3.70. The van der Waals surface area contributed by atoms with Gasteiger partial charge in [0.2, 0.25) is 0 Å². The molecule has 0 fully saturated rings. The Hall–Kier alpha value is -1.43. The zero-order chi connectivity index (χ0) is 11.5. The number of hydrogen-bond donors (Lipinski definition) is 0. The Kier molecular flexibility index (Phi) is 3.41. The highest BCUT2D eigenvalue weighted by molar-refractivity contribution is 7.89. The third-order valence-corrected chi connectivity index (χ3v) is 2.85. The Morgan fingerprint density at radius 2 is 1.87 bits per heavy atom. The molecule has 0 unspecified atom stereocenters. The molecule has 0 aliphatic rings. The molecular formula is C9H9FNO3S. The Morgan fingerprint density at radius 3 is 2.33 bits per heavy atom. The molecule has 0 aliphatic heterocycles. The van der Waals surface area contributed by atoms with Crippen LogP contribution in [0.15, 0.2) is 24.3 Å². The first-order chi connectivity index (χ1) is 6.94. The van der Waals surface area contributed by atoms with E-state index in [1.165, 1.54) is 19.1 Å². The first kappa shape index (κ1) is 11.6. The van der Waals surface area contributed by atoms with Crippen molar-refractivity contribution in [1.29, 1.82) is 0 Å². The molecule has 0 aliphatic carbocycles. The van der Waals surface area contributed by atoms with Crippen molar-refractivity contribution in [2.24, 2.45) is 0 Å². The number of benzene rings is 1. The molecule has 0 N–H and O–H groups in total. The number of hydrogen-bond acceptors (Lipinski definition) is 3. The van der Waals surface area contributed by atoms with Crippen molar-refractivity contribution in [1.82, 2.24) is 4.72 Å². The van der Waals surface area contributed by atoms with Crippen molar-refractivity contribution in [2.45, 2.75) is 6.92 Å². The van der Waals surface area contributed by atoms with E-state index in [1.54, 1.807) is 0 Å². The fourth-order valence-corrected chi connectivity index (χ4v) is 1.32. The van der Waals surface area contributed by atoms with Gasteiger partial charge < -0.3 is 0 Å². The molecule has 6 heteroatoms. The average molecular weight is 230 g/mol. The van der Waals surface area contributed by atoms with Crippen LogP contribution in [0.25, 0.3) is 0 Å². The Balaban J connectivity index is 2.83. The van der Waals surface area contributed by atoms with E-state index in [9.17, 15) is 17.6 Å². The normalized spacial score (nSPS) is 11.1. The van der Waals surface area contributed by atoms with Crippen molar-refractivity contribution >= 4 is 15.9 Å². The van der Waals surface area contributed by atoms with E-state index in [4.69, 9.17) is 0 Å². The minimum absolute atomic E-state index is 0.0495. The molecule has 0 bridgehead atoms. The van der Waals surface area contributed by atoms with Crippen molar-refractivity contribution in [2.75, 3.05) is 5.75 Å². The highest BCUT2D eigenvalue weighted by Crippen LogP contribution is 2.03. The molecule has 0 saturated heterocycles. The lowest BCUT2D eigenvalue weighted by Crippen LogP contribution is -2.24. The van der Waals surface area contributed by atoms with Gasteiger partial charge in [-0.15, -0.1) is 4.72 Å². The fraction of sp³-hybridized carbons (Fsp3) is 0.222. The van der Waals surface area contributed by atoms with Gasteiger partial charge in [-0.3, -0.25) is 4.79 Å². The van der Waals surface area contributed by atoms with Crippen LogP contribution in [0.2, 0.25) is 0 Å². The molecule has 0 aromatic heterocycles. The molecule has 1 amide bonds. The van der Waals surface area contributed by atoms with Crippen molar-refractivity contribution in [3.05, 3.63) is 35.6 Å². The number of rotatable bonds is 3. The lowest BCUT2D eigenvalue weighted by atomic mass is 10.2. The third kappa shape index (κ3) is 3.32. The maximum Gasteiger partial charge on any atom is 0.287 e. The third-order valence-electron chi connectivity index (χ3n) is 1.68. The van der Waals surface area contributed by atoms with Crippen LogP contribution < -0.4 is 4.72 Å². The molecule has 1 aromatic rings. The van der Waals surface area contributed by atoms with Crippen LogP contribution in [-0.4, -0.2) is 20.1 Å². The van der Waals surface area contributed by atoms with E-state index in [2.05, 4.69) is 4.72 Å². The fourth-order valence-electron chi connectivity index (χ4n) is 0.836. The summed E-state index contributed by atoms with van der Waals surface area (Å²) in [5.41, 5.74) is 0.0495. The summed E-state index contributed by atoms with van der Waals surface area (Å²) >= 11 is 0. The summed E-state index contributed by atoms with van der Waals surface area (Å²) < 4.78 is 37.5. The lowest BCUT2D eigenvalue weighted by molar-refractivity contribution is 0.0978. The summed E-state index contributed by atoms with van der Waals surface area (Å²) in [6.45, 7) is 1.39. The van der Waals surface area contributed by atoms with Gasteiger partial charge in [0, 0.05) is 5.56 Å². The Bertz CT molecular complexity index is 453. The van der Waals surface area contributed by atoms with Crippen LogP contribution in [0.5, 0.6) is 0 Å². The molecule has 4 nitrogen and oxygen atoms in total. The Labute approximate surface area is 87.2 Å². The highest BCUT2D eigenvalue weighted by atomic mass is 32.2. The summed E-state index contributed by atoms with van der Waals surface area (Å²) in [6, 6.07) is 4.52. The summed E-state index contributed by atoms with van der Waals surface area (Å²) in [5, 5.41) is 0. The smallest absolute Gasteiger partial charge is 0.266 e. The SMILES string of the molecule is CCS(=O)(=O)[N]C(=O)c1ccc(F)cc1. The van der Waals surface area contributed by atoms with E-state index < -0.39 is 21.7 Å². The molecule has 15 heavy (non-hydrogen) atoms. The molecule has 0 spiro atoms. The van der Waals surface area contributed by atoms with E-state index in [-0.39, 0.29) is 11.3 Å². The second-order valence-corrected chi connectivity index (χ2v) is 4.70. The van der Waals surface area contributed by atoms with Gasteiger partial charge in [0.15, 0.2) is 0 Å². The van der Waals surface area contributed by atoms with Crippen molar-refractivity contribution in [3.8, 4) is 0 Å². The number of nitrogens with zero attached hydrogens (tertiary/aromatic N) is 1. The topological polar surface area (TPSA) is 65.3 Å². The molecule has 1 rings (SSSR count). The largest absolute Gasteiger partial charge is 0.287 e. The van der Waals surface area contributed by atoms with Crippen LogP contribution in [0.4, 0.5) is 4.39 Å². The van der Waals surface area contributed by atoms with Crippen LogP contribution in [0, 0.1) is 5.82 Å². The number of halogens is 1. The van der Waals surface area contributed by atoms with Gasteiger partial charge in [-0.25, -0.2) is 12.8 Å². The van der Waals surface area contributed by atoms with Crippen molar-refractivity contribution in [3.63, 3.8) is 0 Å². The quantitative estimate of drug-likeness (QED) is 0.775. The molecule has 0 saturated carbocycles. The van der Waals surface area contributed by atoms with E-state index in [0.29, 0.717) is 0 Å². The van der Waals surface area contributed by atoms with Crippen LogP contribution in [0.3, 0.4) is 0 Å². The predicted octanol–water partition coefficient (Wildman–Crippen LogP) is 0.920. The molecule has 1 radical (unpaired) electrons. The van der Waals surface area contributed by atoms with Gasteiger partial charge in [-0.2, -0.15) is 0 Å². The predicted molar refractivity (Wildman–Crippen MR) is 52.3 cm³/mol. The molecule has 0 heterocycles. The summed E-state index contributed by atoms with van der Waals surface area (Å²) in [7, 11) is -3.70.